The first-order valence-corrected chi connectivity index (χ1v) is 9.45. The van der Waals surface area contributed by atoms with Crippen LogP contribution in [-0.4, -0.2) is 47.0 Å². The van der Waals surface area contributed by atoms with E-state index < -0.39 is 0 Å². The summed E-state index contributed by atoms with van der Waals surface area (Å²) in [5.74, 6) is -0.0376. The van der Waals surface area contributed by atoms with Crippen molar-refractivity contribution in [3.05, 3.63) is 76.7 Å². The van der Waals surface area contributed by atoms with Crippen LogP contribution in [0.25, 0.3) is 11.3 Å². The van der Waals surface area contributed by atoms with Gasteiger partial charge in [0.15, 0.2) is 11.5 Å². The van der Waals surface area contributed by atoms with Gasteiger partial charge < -0.3 is 9.42 Å². The molecule has 28 heavy (non-hydrogen) atoms. The third-order valence-corrected chi connectivity index (χ3v) is 5.24. The van der Waals surface area contributed by atoms with Gasteiger partial charge in [0.2, 0.25) is 0 Å². The van der Waals surface area contributed by atoms with Crippen molar-refractivity contribution in [1.82, 2.24) is 15.0 Å². The molecule has 0 aliphatic carbocycles. The van der Waals surface area contributed by atoms with Crippen molar-refractivity contribution in [2.24, 2.45) is 0 Å². The number of carbonyl (C=O) groups is 1. The molecule has 3 aromatic rings. The number of rotatable bonds is 4. The Hall–Kier alpha value is -2.70. The number of piperazine rings is 1. The third kappa shape index (κ3) is 4.08. The summed E-state index contributed by atoms with van der Waals surface area (Å²) in [6, 6.07) is 15.3. The quantitative estimate of drug-likeness (QED) is 0.663. The molecule has 1 saturated heterocycles. The lowest BCUT2D eigenvalue weighted by molar-refractivity contribution is 0.0618. The number of halogens is 2. The third-order valence-electron chi connectivity index (χ3n) is 4.87. The maximum absolute atomic E-state index is 13.1. The van der Waals surface area contributed by atoms with E-state index in [4.69, 9.17) is 16.1 Å². The molecule has 0 unspecified atom stereocenters. The first-order valence-electron chi connectivity index (χ1n) is 9.08. The lowest BCUT2D eigenvalue weighted by Gasteiger charge is -2.34. The van der Waals surface area contributed by atoms with E-state index in [2.05, 4.69) is 10.1 Å². The minimum atomic E-state index is -0.325. The number of amides is 1. The minimum Gasteiger partial charge on any atom is -0.355 e. The molecule has 144 valence electrons. The van der Waals surface area contributed by atoms with Crippen LogP contribution in [0, 0.1) is 5.82 Å². The molecule has 5 nitrogen and oxygen atoms in total. The summed E-state index contributed by atoms with van der Waals surface area (Å²) >= 11 is 6.23. The summed E-state index contributed by atoms with van der Waals surface area (Å²) in [4.78, 5) is 16.8. The fourth-order valence-corrected chi connectivity index (χ4v) is 3.46. The summed E-state index contributed by atoms with van der Waals surface area (Å²) in [7, 11) is 0. The molecule has 1 fully saturated rings. The Morgan fingerprint density at radius 3 is 2.50 bits per heavy atom. The van der Waals surface area contributed by atoms with Crippen LogP contribution in [0.3, 0.4) is 0 Å². The first kappa shape index (κ1) is 18.7. The zero-order valence-corrected chi connectivity index (χ0v) is 15.9. The summed E-state index contributed by atoms with van der Waals surface area (Å²) in [6.07, 6.45) is 0. The Morgan fingerprint density at radius 1 is 1.07 bits per heavy atom. The van der Waals surface area contributed by atoms with Gasteiger partial charge in [-0.05, 0) is 35.9 Å². The summed E-state index contributed by atoms with van der Waals surface area (Å²) < 4.78 is 18.3. The van der Waals surface area contributed by atoms with Gasteiger partial charge in [-0.25, -0.2) is 4.39 Å². The van der Waals surface area contributed by atoms with E-state index in [0.717, 1.165) is 30.2 Å². The van der Waals surface area contributed by atoms with Gasteiger partial charge in [-0.2, -0.15) is 0 Å². The number of hydrogen-bond acceptors (Lipinski definition) is 4. The Morgan fingerprint density at radius 2 is 1.79 bits per heavy atom. The average molecular weight is 400 g/mol. The lowest BCUT2D eigenvalue weighted by Crippen LogP contribution is -2.48. The number of hydrogen-bond donors (Lipinski definition) is 0. The molecular formula is C21H19ClFN3O2. The molecule has 0 saturated carbocycles. The lowest BCUT2D eigenvalue weighted by atomic mass is 10.1. The van der Waals surface area contributed by atoms with E-state index in [9.17, 15) is 9.18 Å². The highest BCUT2D eigenvalue weighted by Crippen LogP contribution is 2.22. The van der Waals surface area contributed by atoms with E-state index in [-0.39, 0.29) is 17.4 Å². The standard InChI is InChI=1S/C21H19ClFN3O2/c22-18-4-2-1-3-16(18)14-25-9-11-26(12-10-25)21(27)19-13-20(28-24-19)15-5-7-17(23)8-6-15/h1-8,13H,9-12,14H2. The van der Waals surface area contributed by atoms with Gasteiger partial charge in [-0.3, -0.25) is 9.69 Å². The predicted molar refractivity (Wildman–Crippen MR) is 105 cm³/mol. The van der Waals surface area contributed by atoms with Crippen molar-refractivity contribution >= 4 is 17.5 Å². The van der Waals surface area contributed by atoms with E-state index in [1.54, 1.807) is 23.1 Å². The topological polar surface area (TPSA) is 49.6 Å². The van der Waals surface area contributed by atoms with Crippen molar-refractivity contribution in [2.75, 3.05) is 26.2 Å². The molecule has 1 aliphatic heterocycles. The molecule has 0 spiro atoms. The van der Waals surface area contributed by atoms with E-state index in [1.807, 2.05) is 24.3 Å². The molecule has 1 aliphatic rings. The highest BCUT2D eigenvalue weighted by Gasteiger charge is 2.25. The molecule has 0 N–H and O–H groups in total. The summed E-state index contributed by atoms with van der Waals surface area (Å²) in [5.41, 5.74) is 2.03. The Labute approximate surface area is 167 Å². The van der Waals surface area contributed by atoms with Crippen LogP contribution < -0.4 is 0 Å². The molecule has 0 radical (unpaired) electrons. The molecule has 1 amide bonds. The van der Waals surface area contributed by atoms with Gasteiger partial charge in [-0.15, -0.1) is 0 Å². The van der Waals surface area contributed by atoms with Crippen LogP contribution in [-0.2, 0) is 6.54 Å². The van der Waals surface area contributed by atoms with Gasteiger partial charge in [0.1, 0.15) is 5.82 Å². The first-order chi connectivity index (χ1) is 13.6. The van der Waals surface area contributed by atoms with Crippen LogP contribution >= 0.6 is 11.6 Å². The van der Waals surface area contributed by atoms with Crippen LogP contribution in [0.2, 0.25) is 5.02 Å². The van der Waals surface area contributed by atoms with Crippen molar-refractivity contribution < 1.29 is 13.7 Å². The monoisotopic (exact) mass is 399 g/mol. The van der Waals surface area contributed by atoms with Crippen molar-refractivity contribution in [3.63, 3.8) is 0 Å². The number of nitrogens with zero attached hydrogens (tertiary/aromatic N) is 3. The second-order valence-electron chi connectivity index (χ2n) is 6.74. The zero-order chi connectivity index (χ0) is 19.5. The maximum Gasteiger partial charge on any atom is 0.276 e. The fraction of sp³-hybridized carbons (Fsp3) is 0.238. The van der Waals surface area contributed by atoms with Crippen molar-refractivity contribution in [2.45, 2.75) is 6.54 Å². The SMILES string of the molecule is O=C(c1cc(-c2ccc(F)cc2)on1)N1CCN(Cc2ccccc2Cl)CC1. The Bertz CT molecular complexity index is 966. The van der Waals surface area contributed by atoms with Crippen LogP contribution in [0.5, 0.6) is 0 Å². The maximum atomic E-state index is 13.1. The normalized spacial score (nSPS) is 15.0. The fourth-order valence-electron chi connectivity index (χ4n) is 3.26. The molecule has 4 rings (SSSR count). The van der Waals surface area contributed by atoms with Gasteiger partial charge in [0.25, 0.3) is 5.91 Å². The molecule has 2 aromatic carbocycles. The minimum absolute atomic E-state index is 0.158. The van der Waals surface area contributed by atoms with E-state index in [0.29, 0.717) is 24.4 Å². The zero-order valence-electron chi connectivity index (χ0n) is 15.1. The van der Waals surface area contributed by atoms with E-state index in [1.165, 1.54) is 12.1 Å². The summed E-state index contributed by atoms with van der Waals surface area (Å²) in [5, 5.41) is 4.66. The number of aromatic nitrogens is 1. The molecule has 2 heterocycles. The molecule has 0 atom stereocenters. The molecule has 7 heteroatoms. The number of carbonyl (C=O) groups excluding carboxylic acids is 1. The predicted octanol–water partition coefficient (Wildman–Crippen LogP) is 4.09. The van der Waals surface area contributed by atoms with E-state index >= 15 is 0 Å². The average Bonchev–Trinajstić information content (AvgIpc) is 3.20. The highest BCUT2D eigenvalue weighted by molar-refractivity contribution is 6.31. The number of benzene rings is 2. The van der Waals surface area contributed by atoms with Gasteiger partial charge >= 0.3 is 0 Å². The van der Waals surface area contributed by atoms with Gasteiger partial charge in [-0.1, -0.05) is 35.0 Å². The summed E-state index contributed by atoms with van der Waals surface area (Å²) in [6.45, 7) is 3.52. The van der Waals surface area contributed by atoms with Gasteiger partial charge in [0.05, 0.1) is 0 Å². The molecule has 1 aromatic heterocycles. The van der Waals surface area contributed by atoms with Crippen LogP contribution in [0.15, 0.2) is 59.1 Å². The smallest absolute Gasteiger partial charge is 0.276 e. The van der Waals surface area contributed by atoms with Crippen LogP contribution in [0.1, 0.15) is 16.1 Å². The molecular weight excluding hydrogens is 381 g/mol. The molecule has 0 bridgehead atoms. The second-order valence-corrected chi connectivity index (χ2v) is 7.15. The van der Waals surface area contributed by atoms with Gasteiger partial charge in [0, 0.05) is 49.4 Å². The largest absolute Gasteiger partial charge is 0.355 e. The second kappa shape index (κ2) is 8.12. The van der Waals surface area contributed by atoms with Crippen molar-refractivity contribution in [1.29, 1.82) is 0 Å². The highest BCUT2D eigenvalue weighted by atomic mass is 35.5. The van der Waals surface area contributed by atoms with Crippen molar-refractivity contribution in [3.8, 4) is 11.3 Å². The van der Waals surface area contributed by atoms with Crippen LogP contribution in [0.4, 0.5) is 4.39 Å². The Balaban J connectivity index is 1.36. The Kier molecular flexibility index (Phi) is 5.41.